The number of pyridine rings is 1. The first kappa shape index (κ1) is 22.0. The number of amides is 2. The number of H-pyrrole nitrogens is 1. The standard InChI is InChI=1S/C20H19ClFN5O4S/c1-31-19-5-3-13(9-23-19)27(20(28)24-12-2-4-16(22)15(21)8-12)10-18-14-11-32(29,30)7-6-17(14)25-26-18/h2-5,8-9H,6-7,10-11H2,1H3,(H,24,28)(H,25,26). The zero-order valence-electron chi connectivity index (χ0n) is 16.9. The molecule has 2 aromatic heterocycles. The molecule has 0 fully saturated rings. The zero-order valence-corrected chi connectivity index (χ0v) is 18.5. The summed E-state index contributed by atoms with van der Waals surface area (Å²) < 4.78 is 42.8. The van der Waals surface area contributed by atoms with E-state index in [2.05, 4.69) is 20.5 Å². The van der Waals surface area contributed by atoms with Crippen LogP contribution in [0, 0.1) is 5.82 Å². The highest BCUT2D eigenvalue weighted by molar-refractivity contribution is 7.90. The van der Waals surface area contributed by atoms with Crippen LogP contribution in [0.4, 0.5) is 20.6 Å². The van der Waals surface area contributed by atoms with E-state index in [1.54, 1.807) is 12.1 Å². The summed E-state index contributed by atoms with van der Waals surface area (Å²) in [6.07, 6.45) is 1.79. The molecule has 2 N–H and O–H groups in total. The number of aryl methyl sites for hydroxylation is 1. The van der Waals surface area contributed by atoms with Crippen LogP contribution in [-0.2, 0) is 28.6 Å². The molecule has 1 aliphatic rings. The fourth-order valence-electron chi connectivity index (χ4n) is 3.35. The highest BCUT2D eigenvalue weighted by atomic mass is 35.5. The number of hydrogen-bond acceptors (Lipinski definition) is 6. The summed E-state index contributed by atoms with van der Waals surface area (Å²) in [5.74, 6) is -0.328. The smallest absolute Gasteiger partial charge is 0.326 e. The van der Waals surface area contributed by atoms with Gasteiger partial charge in [0.2, 0.25) is 5.88 Å². The van der Waals surface area contributed by atoms with Crippen LogP contribution in [0.1, 0.15) is 17.0 Å². The van der Waals surface area contributed by atoms with Crippen LogP contribution in [0.3, 0.4) is 0 Å². The van der Waals surface area contributed by atoms with Crippen molar-refractivity contribution < 1.29 is 22.3 Å². The van der Waals surface area contributed by atoms with Crippen molar-refractivity contribution in [3.05, 3.63) is 64.3 Å². The first-order valence-electron chi connectivity index (χ1n) is 9.55. The maximum Gasteiger partial charge on any atom is 0.326 e. The van der Waals surface area contributed by atoms with Crippen molar-refractivity contribution in [3.63, 3.8) is 0 Å². The molecular weight excluding hydrogens is 461 g/mol. The van der Waals surface area contributed by atoms with Gasteiger partial charge in [0.05, 0.1) is 47.8 Å². The quantitative estimate of drug-likeness (QED) is 0.579. The number of aromatic amines is 1. The number of rotatable bonds is 5. The van der Waals surface area contributed by atoms with Crippen LogP contribution in [0.5, 0.6) is 5.88 Å². The van der Waals surface area contributed by atoms with Crippen LogP contribution in [-0.4, -0.2) is 42.5 Å². The van der Waals surface area contributed by atoms with E-state index in [1.165, 1.54) is 30.3 Å². The van der Waals surface area contributed by atoms with E-state index in [1.807, 2.05) is 0 Å². The monoisotopic (exact) mass is 479 g/mol. The molecule has 3 aromatic rings. The first-order chi connectivity index (χ1) is 15.3. The Morgan fingerprint density at radius 2 is 2.16 bits per heavy atom. The fraction of sp³-hybridized carbons (Fsp3) is 0.250. The molecule has 2 amide bonds. The number of methoxy groups -OCH3 is 1. The molecule has 1 aliphatic heterocycles. The van der Waals surface area contributed by atoms with Gasteiger partial charge in [0.25, 0.3) is 0 Å². The number of sulfone groups is 1. The van der Waals surface area contributed by atoms with Gasteiger partial charge >= 0.3 is 6.03 Å². The number of hydrogen-bond donors (Lipinski definition) is 2. The van der Waals surface area contributed by atoms with Gasteiger partial charge in [-0.3, -0.25) is 10.00 Å². The summed E-state index contributed by atoms with van der Waals surface area (Å²) in [6, 6.07) is 6.49. The Balaban J connectivity index is 1.66. The summed E-state index contributed by atoms with van der Waals surface area (Å²) in [5.41, 5.74) is 2.46. The van der Waals surface area contributed by atoms with Crippen molar-refractivity contribution in [3.8, 4) is 5.88 Å². The lowest BCUT2D eigenvalue weighted by atomic mass is 10.1. The number of benzene rings is 1. The Labute approximate surface area is 188 Å². The number of nitrogens with one attached hydrogen (secondary N) is 2. The lowest BCUT2D eigenvalue weighted by molar-refractivity contribution is 0.256. The number of urea groups is 1. The van der Waals surface area contributed by atoms with E-state index in [-0.39, 0.29) is 23.1 Å². The van der Waals surface area contributed by atoms with Crippen LogP contribution in [0.15, 0.2) is 36.5 Å². The minimum absolute atomic E-state index is 0.0177. The summed E-state index contributed by atoms with van der Waals surface area (Å²) in [7, 11) is -1.76. The van der Waals surface area contributed by atoms with Crippen LogP contribution in [0.2, 0.25) is 5.02 Å². The van der Waals surface area contributed by atoms with Gasteiger partial charge in [-0.1, -0.05) is 11.6 Å². The van der Waals surface area contributed by atoms with Gasteiger partial charge in [-0.05, 0) is 24.3 Å². The van der Waals surface area contributed by atoms with Gasteiger partial charge in [0.15, 0.2) is 9.84 Å². The summed E-state index contributed by atoms with van der Waals surface area (Å²) in [5, 5.41) is 9.66. The molecule has 9 nitrogen and oxygen atoms in total. The predicted octanol–water partition coefficient (Wildman–Crippen LogP) is 3.32. The molecule has 0 atom stereocenters. The highest BCUT2D eigenvalue weighted by Gasteiger charge is 2.28. The maximum atomic E-state index is 13.5. The van der Waals surface area contributed by atoms with Crippen LogP contribution in [0.25, 0.3) is 0 Å². The van der Waals surface area contributed by atoms with Crippen LogP contribution < -0.4 is 15.0 Å². The average molecular weight is 480 g/mol. The van der Waals surface area contributed by atoms with Crippen molar-refractivity contribution in [1.29, 1.82) is 0 Å². The van der Waals surface area contributed by atoms with Crippen molar-refractivity contribution in [2.24, 2.45) is 0 Å². The first-order valence-corrected chi connectivity index (χ1v) is 11.7. The predicted molar refractivity (Wildman–Crippen MR) is 117 cm³/mol. The van der Waals surface area contributed by atoms with Gasteiger partial charge in [0, 0.05) is 29.4 Å². The second-order valence-electron chi connectivity index (χ2n) is 7.17. The Morgan fingerprint density at radius 3 is 2.84 bits per heavy atom. The Hall–Kier alpha value is -3.18. The molecular formula is C20H19ClFN5O4S. The lowest BCUT2D eigenvalue weighted by Crippen LogP contribution is -2.35. The van der Waals surface area contributed by atoms with Gasteiger partial charge in [-0.25, -0.2) is 22.6 Å². The molecule has 4 rings (SSSR count). The zero-order chi connectivity index (χ0) is 22.9. The molecule has 1 aromatic carbocycles. The summed E-state index contributed by atoms with van der Waals surface area (Å²) in [4.78, 5) is 18.6. The molecule has 0 aliphatic carbocycles. The second-order valence-corrected chi connectivity index (χ2v) is 9.76. The van der Waals surface area contributed by atoms with Gasteiger partial charge in [-0.15, -0.1) is 0 Å². The molecule has 0 radical (unpaired) electrons. The molecule has 168 valence electrons. The van der Waals surface area contributed by atoms with Crippen molar-refractivity contribution >= 4 is 38.8 Å². The topological polar surface area (TPSA) is 117 Å². The molecule has 0 saturated heterocycles. The number of anilines is 2. The third-order valence-corrected chi connectivity index (χ3v) is 6.88. The molecule has 0 spiro atoms. The number of nitrogens with zero attached hydrogens (tertiary/aromatic N) is 3. The molecule has 32 heavy (non-hydrogen) atoms. The largest absolute Gasteiger partial charge is 0.481 e. The number of aromatic nitrogens is 3. The van der Waals surface area contributed by atoms with Gasteiger partial charge < -0.3 is 10.1 Å². The molecule has 3 heterocycles. The van der Waals surface area contributed by atoms with Crippen molar-refractivity contribution in [2.45, 2.75) is 18.7 Å². The van der Waals surface area contributed by atoms with E-state index in [0.29, 0.717) is 34.9 Å². The number of carbonyl (C=O) groups excluding carboxylic acids is 1. The third-order valence-electron chi connectivity index (χ3n) is 5.03. The van der Waals surface area contributed by atoms with Gasteiger partial charge in [-0.2, -0.15) is 5.10 Å². The molecule has 0 saturated carbocycles. The SMILES string of the molecule is COc1ccc(N(Cc2n[nH]c3c2CS(=O)(=O)CC3)C(=O)Nc2ccc(F)c(Cl)c2)cn1. The Bertz CT molecular complexity index is 1260. The van der Waals surface area contributed by atoms with E-state index in [9.17, 15) is 17.6 Å². The van der Waals surface area contributed by atoms with E-state index in [0.717, 1.165) is 11.8 Å². The van der Waals surface area contributed by atoms with Gasteiger partial charge in [0.1, 0.15) is 5.82 Å². The summed E-state index contributed by atoms with van der Waals surface area (Å²) in [6.45, 7) is -0.0177. The van der Waals surface area contributed by atoms with E-state index < -0.39 is 21.7 Å². The normalized spacial score (nSPS) is 14.5. The Morgan fingerprint density at radius 1 is 1.34 bits per heavy atom. The number of fused-ring (bicyclic) bond motifs is 1. The average Bonchev–Trinajstić information content (AvgIpc) is 3.15. The fourth-order valence-corrected chi connectivity index (χ4v) is 4.97. The number of ether oxygens (including phenoxy) is 1. The minimum Gasteiger partial charge on any atom is -0.481 e. The van der Waals surface area contributed by atoms with Crippen molar-refractivity contribution in [1.82, 2.24) is 15.2 Å². The van der Waals surface area contributed by atoms with Crippen molar-refractivity contribution in [2.75, 3.05) is 23.1 Å². The van der Waals surface area contributed by atoms with E-state index >= 15 is 0 Å². The lowest BCUT2D eigenvalue weighted by Gasteiger charge is -2.23. The Kier molecular flexibility index (Phi) is 6.02. The maximum absolute atomic E-state index is 13.5. The second kappa shape index (κ2) is 8.75. The highest BCUT2D eigenvalue weighted by Crippen LogP contribution is 2.26. The number of carbonyl (C=O) groups is 1. The molecule has 12 heteroatoms. The molecule has 0 unspecified atom stereocenters. The minimum atomic E-state index is -3.23. The number of halogens is 2. The summed E-state index contributed by atoms with van der Waals surface area (Å²) >= 11 is 5.81. The van der Waals surface area contributed by atoms with Crippen LogP contribution >= 0.6 is 11.6 Å². The molecule has 0 bridgehead atoms. The third kappa shape index (κ3) is 4.68. The van der Waals surface area contributed by atoms with E-state index in [4.69, 9.17) is 16.3 Å².